The van der Waals surface area contributed by atoms with Crippen LogP contribution in [0.25, 0.3) is 0 Å². The van der Waals surface area contributed by atoms with Crippen molar-refractivity contribution in [1.82, 2.24) is 5.32 Å². The van der Waals surface area contributed by atoms with E-state index < -0.39 is 4.92 Å². The number of nitrogens with zero attached hydrogens (tertiary/aromatic N) is 1. The average molecular weight is 171 g/mol. The number of rotatable bonds is 3. The van der Waals surface area contributed by atoms with Gasteiger partial charge >= 0.3 is 0 Å². The highest BCUT2D eigenvalue weighted by atomic mass is 16.6. The first-order valence-electron chi connectivity index (χ1n) is 4.06. The lowest BCUT2D eigenvalue weighted by Gasteiger charge is -2.10. The maximum absolute atomic E-state index is 9.99. The Bertz CT molecular complexity index is 197. The third kappa shape index (κ3) is 2.77. The molecule has 0 bridgehead atoms. The summed E-state index contributed by atoms with van der Waals surface area (Å²) in [6, 6.07) is 0.334. The van der Waals surface area contributed by atoms with Crippen LogP contribution in [0, 0.1) is 10.1 Å². The predicted molar refractivity (Wildman–Crippen MR) is 44.7 cm³/mol. The van der Waals surface area contributed by atoms with Gasteiger partial charge < -0.3 is 11.1 Å². The standard InChI is InChI=1S/C7H13N3O2/c8-7(5-10(11)12)9-6-3-1-2-4-6/h5-6,9H,1-4,8H2. The molecule has 1 aliphatic rings. The molecule has 1 rings (SSSR count). The van der Waals surface area contributed by atoms with Gasteiger partial charge in [-0.2, -0.15) is 0 Å². The lowest BCUT2D eigenvalue weighted by atomic mass is 10.2. The van der Waals surface area contributed by atoms with Gasteiger partial charge in [-0.1, -0.05) is 12.8 Å². The Morgan fingerprint density at radius 3 is 2.67 bits per heavy atom. The Morgan fingerprint density at radius 1 is 1.58 bits per heavy atom. The summed E-state index contributed by atoms with van der Waals surface area (Å²) in [5, 5.41) is 12.9. The van der Waals surface area contributed by atoms with Gasteiger partial charge in [0.15, 0.2) is 5.82 Å². The molecule has 0 aromatic carbocycles. The number of nitro groups is 1. The second-order valence-electron chi connectivity index (χ2n) is 3.00. The second kappa shape index (κ2) is 3.94. The minimum atomic E-state index is -0.544. The molecule has 0 aromatic rings. The Hall–Kier alpha value is -1.26. The molecule has 0 radical (unpaired) electrons. The van der Waals surface area contributed by atoms with E-state index in [1.54, 1.807) is 0 Å². The maximum atomic E-state index is 9.99. The SMILES string of the molecule is NC(=C[N+](=O)[O-])NC1CCCC1. The first-order valence-corrected chi connectivity index (χ1v) is 4.06. The number of hydrogen-bond donors (Lipinski definition) is 2. The highest BCUT2D eigenvalue weighted by Crippen LogP contribution is 2.17. The van der Waals surface area contributed by atoms with Crippen LogP contribution in [0.4, 0.5) is 0 Å². The quantitative estimate of drug-likeness (QED) is 0.480. The molecular weight excluding hydrogens is 158 g/mol. The lowest BCUT2D eigenvalue weighted by molar-refractivity contribution is -0.403. The van der Waals surface area contributed by atoms with Gasteiger partial charge in [0, 0.05) is 6.04 Å². The molecule has 0 spiro atoms. The molecule has 5 nitrogen and oxygen atoms in total. The molecule has 0 aromatic heterocycles. The van der Waals surface area contributed by atoms with Gasteiger partial charge in [0.05, 0.1) is 4.92 Å². The molecule has 1 saturated carbocycles. The zero-order valence-corrected chi connectivity index (χ0v) is 6.82. The van der Waals surface area contributed by atoms with Crippen LogP contribution in [0.1, 0.15) is 25.7 Å². The zero-order valence-electron chi connectivity index (χ0n) is 6.82. The van der Waals surface area contributed by atoms with E-state index in [2.05, 4.69) is 5.32 Å². The Balaban J connectivity index is 2.34. The van der Waals surface area contributed by atoms with Gasteiger partial charge in [0.25, 0.3) is 6.20 Å². The van der Waals surface area contributed by atoms with Gasteiger partial charge in [-0.3, -0.25) is 10.1 Å². The third-order valence-corrected chi connectivity index (χ3v) is 1.97. The fourth-order valence-corrected chi connectivity index (χ4v) is 1.46. The van der Waals surface area contributed by atoms with Gasteiger partial charge in [0.2, 0.25) is 0 Å². The van der Waals surface area contributed by atoms with Crippen LogP contribution in [0.3, 0.4) is 0 Å². The molecule has 1 fully saturated rings. The Labute approximate surface area is 70.8 Å². The number of hydrogen-bond acceptors (Lipinski definition) is 4. The van der Waals surface area contributed by atoms with Crippen molar-refractivity contribution in [2.75, 3.05) is 0 Å². The normalized spacial score (nSPS) is 19.5. The van der Waals surface area contributed by atoms with Crippen LogP contribution in [-0.2, 0) is 0 Å². The first-order chi connectivity index (χ1) is 5.68. The van der Waals surface area contributed by atoms with Gasteiger partial charge in [-0.15, -0.1) is 0 Å². The van der Waals surface area contributed by atoms with Crippen molar-refractivity contribution in [2.24, 2.45) is 5.73 Å². The van der Waals surface area contributed by atoms with Crippen molar-refractivity contribution in [3.05, 3.63) is 22.1 Å². The van der Waals surface area contributed by atoms with Crippen molar-refractivity contribution < 1.29 is 4.92 Å². The van der Waals surface area contributed by atoms with E-state index in [9.17, 15) is 10.1 Å². The third-order valence-electron chi connectivity index (χ3n) is 1.97. The summed E-state index contributed by atoms with van der Waals surface area (Å²) in [5.74, 6) is 0.159. The Morgan fingerprint density at radius 2 is 2.17 bits per heavy atom. The van der Waals surface area contributed by atoms with E-state index in [0.717, 1.165) is 19.0 Å². The second-order valence-corrected chi connectivity index (χ2v) is 3.00. The lowest BCUT2D eigenvalue weighted by Crippen LogP contribution is -2.30. The summed E-state index contributed by atoms with van der Waals surface area (Å²) in [6.45, 7) is 0. The molecule has 3 N–H and O–H groups in total. The summed E-state index contributed by atoms with van der Waals surface area (Å²) in [7, 11) is 0. The van der Waals surface area contributed by atoms with Crippen LogP contribution in [0.5, 0.6) is 0 Å². The molecule has 0 heterocycles. The van der Waals surface area contributed by atoms with Crippen LogP contribution in [0.2, 0.25) is 0 Å². The molecule has 0 atom stereocenters. The smallest absolute Gasteiger partial charge is 0.273 e. The van der Waals surface area contributed by atoms with E-state index in [-0.39, 0.29) is 5.82 Å². The van der Waals surface area contributed by atoms with Crippen LogP contribution in [-0.4, -0.2) is 11.0 Å². The summed E-state index contributed by atoms with van der Waals surface area (Å²) in [4.78, 5) is 9.45. The molecule has 1 aliphatic carbocycles. The van der Waals surface area contributed by atoms with E-state index >= 15 is 0 Å². The monoisotopic (exact) mass is 171 g/mol. The van der Waals surface area contributed by atoms with Crippen LogP contribution in [0.15, 0.2) is 12.0 Å². The molecule has 0 unspecified atom stereocenters. The molecular formula is C7H13N3O2. The maximum Gasteiger partial charge on any atom is 0.273 e. The van der Waals surface area contributed by atoms with E-state index in [4.69, 9.17) is 5.73 Å². The van der Waals surface area contributed by atoms with Gasteiger partial charge in [-0.25, -0.2) is 0 Å². The van der Waals surface area contributed by atoms with Crippen molar-refractivity contribution >= 4 is 0 Å². The zero-order chi connectivity index (χ0) is 8.97. The van der Waals surface area contributed by atoms with Crippen molar-refractivity contribution in [2.45, 2.75) is 31.7 Å². The predicted octanol–water partition coefficient (Wildman–Crippen LogP) is 0.553. The van der Waals surface area contributed by atoms with Crippen LogP contribution >= 0.6 is 0 Å². The first kappa shape index (κ1) is 8.83. The van der Waals surface area contributed by atoms with Crippen molar-refractivity contribution in [3.63, 3.8) is 0 Å². The van der Waals surface area contributed by atoms with E-state index in [1.807, 2.05) is 0 Å². The van der Waals surface area contributed by atoms with Gasteiger partial charge in [0.1, 0.15) is 0 Å². The molecule has 12 heavy (non-hydrogen) atoms. The average Bonchev–Trinajstić information content (AvgIpc) is 2.37. The number of nitrogens with one attached hydrogen (secondary N) is 1. The molecule has 0 aliphatic heterocycles. The topological polar surface area (TPSA) is 81.2 Å². The van der Waals surface area contributed by atoms with Gasteiger partial charge in [-0.05, 0) is 12.8 Å². The fraction of sp³-hybridized carbons (Fsp3) is 0.714. The minimum Gasteiger partial charge on any atom is -0.380 e. The molecule has 0 amide bonds. The minimum absolute atomic E-state index is 0.159. The molecule has 5 heteroatoms. The van der Waals surface area contributed by atoms with E-state index in [1.165, 1.54) is 12.8 Å². The van der Waals surface area contributed by atoms with Crippen LogP contribution < -0.4 is 11.1 Å². The van der Waals surface area contributed by atoms with Crippen molar-refractivity contribution in [1.29, 1.82) is 0 Å². The van der Waals surface area contributed by atoms with Crippen molar-refractivity contribution in [3.8, 4) is 0 Å². The Kier molecular flexibility index (Phi) is 2.90. The summed E-state index contributed by atoms with van der Waals surface area (Å²) in [5.41, 5.74) is 5.36. The summed E-state index contributed by atoms with van der Waals surface area (Å²) in [6.07, 6.45) is 5.30. The fourth-order valence-electron chi connectivity index (χ4n) is 1.46. The molecule has 68 valence electrons. The highest BCUT2D eigenvalue weighted by molar-refractivity contribution is 4.92. The summed E-state index contributed by atoms with van der Waals surface area (Å²) < 4.78 is 0. The highest BCUT2D eigenvalue weighted by Gasteiger charge is 2.15. The molecule has 0 saturated heterocycles. The van der Waals surface area contributed by atoms with E-state index in [0.29, 0.717) is 6.04 Å². The number of nitrogens with two attached hydrogens (primary N) is 1. The largest absolute Gasteiger partial charge is 0.380 e. The summed E-state index contributed by atoms with van der Waals surface area (Å²) >= 11 is 0.